The van der Waals surface area contributed by atoms with Crippen LogP contribution in [0.3, 0.4) is 0 Å². The van der Waals surface area contributed by atoms with Crippen molar-refractivity contribution in [1.29, 1.82) is 5.26 Å². The fourth-order valence-corrected chi connectivity index (χ4v) is 3.15. The van der Waals surface area contributed by atoms with Crippen molar-refractivity contribution in [3.05, 3.63) is 51.3 Å². The van der Waals surface area contributed by atoms with Crippen molar-refractivity contribution in [3.8, 4) is 11.8 Å². The van der Waals surface area contributed by atoms with Crippen LogP contribution in [0, 0.1) is 17.1 Å². The molecular formula is C20H22ClFN2O4. The molecule has 1 aliphatic heterocycles. The minimum atomic E-state index is -1.17. The summed E-state index contributed by atoms with van der Waals surface area (Å²) in [5.41, 5.74) is 5.60. The Bertz CT molecular complexity index is 874. The number of nitrogens with zero attached hydrogens (tertiary/aromatic N) is 1. The topological polar surface area (TPSA) is 94.6 Å². The first-order chi connectivity index (χ1) is 13.4. The van der Waals surface area contributed by atoms with Gasteiger partial charge in [0.2, 0.25) is 5.88 Å². The summed E-state index contributed by atoms with van der Waals surface area (Å²) in [6.07, 6.45) is 1.63. The number of carbonyl (C=O) groups is 1. The zero-order valence-corrected chi connectivity index (χ0v) is 16.7. The van der Waals surface area contributed by atoms with E-state index in [4.69, 9.17) is 31.5 Å². The molecule has 0 spiro atoms. The van der Waals surface area contributed by atoms with Gasteiger partial charge in [0.15, 0.2) is 11.6 Å². The van der Waals surface area contributed by atoms with Crippen LogP contribution in [0.25, 0.3) is 0 Å². The largest absolute Gasteiger partial charge is 0.491 e. The fourth-order valence-electron chi connectivity index (χ4n) is 2.90. The van der Waals surface area contributed by atoms with Gasteiger partial charge in [-0.15, -0.1) is 0 Å². The maximum atomic E-state index is 15.3. The first-order valence-electron chi connectivity index (χ1n) is 8.93. The van der Waals surface area contributed by atoms with Crippen molar-refractivity contribution in [3.63, 3.8) is 0 Å². The zero-order chi connectivity index (χ0) is 20.8. The number of allylic oxidation sites excluding steroid dienone is 2. The Kier molecular flexibility index (Phi) is 7.30. The SMILES string of the molecule is CCCCOc1ccc(Cl)c(C2C(C#N)=C(N)OC(C)=C2C(=O)OCC)c1F. The van der Waals surface area contributed by atoms with Crippen LogP contribution in [0.2, 0.25) is 5.02 Å². The summed E-state index contributed by atoms with van der Waals surface area (Å²) in [4.78, 5) is 12.5. The number of rotatable bonds is 7. The van der Waals surface area contributed by atoms with Crippen LogP contribution in [-0.2, 0) is 14.3 Å². The molecule has 1 aromatic carbocycles. The van der Waals surface area contributed by atoms with Gasteiger partial charge in [-0.2, -0.15) is 5.26 Å². The van der Waals surface area contributed by atoms with Crippen LogP contribution in [-0.4, -0.2) is 19.2 Å². The van der Waals surface area contributed by atoms with Crippen LogP contribution < -0.4 is 10.5 Å². The summed E-state index contributed by atoms with van der Waals surface area (Å²) in [6.45, 7) is 5.54. The van der Waals surface area contributed by atoms with Crippen LogP contribution in [0.4, 0.5) is 4.39 Å². The summed E-state index contributed by atoms with van der Waals surface area (Å²) in [6, 6.07) is 4.77. The number of carbonyl (C=O) groups excluding carboxylic acids is 1. The first-order valence-corrected chi connectivity index (χ1v) is 9.31. The molecule has 6 nitrogen and oxygen atoms in total. The number of hydrogen-bond acceptors (Lipinski definition) is 6. The normalized spacial score (nSPS) is 16.5. The van der Waals surface area contributed by atoms with Gasteiger partial charge in [-0.25, -0.2) is 9.18 Å². The molecule has 1 aliphatic rings. The van der Waals surface area contributed by atoms with Crippen molar-refractivity contribution in [2.24, 2.45) is 5.73 Å². The molecule has 2 rings (SSSR count). The van der Waals surface area contributed by atoms with E-state index in [2.05, 4.69) is 0 Å². The van der Waals surface area contributed by atoms with Crippen molar-refractivity contribution in [1.82, 2.24) is 0 Å². The van der Waals surface area contributed by atoms with E-state index in [0.29, 0.717) is 6.61 Å². The minimum Gasteiger partial charge on any atom is -0.491 e. The lowest BCUT2D eigenvalue weighted by Gasteiger charge is -2.28. The molecule has 0 fully saturated rings. The molecule has 0 aromatic heterocycles. The first kappa shape index (κ1) is 21.6. The summed E-state index contributed by atoms with van der Waals surface area (Å²) in [5.74, 6) is -2.78. The number of nitriles is 1. The summed E-state index contributed by atoms with van der Waals surface area (Å²) in [5, 5.41) is 9.62. The number of esters is 1. The van der Waals surface area contributed by atoms with Crippen LogP contribution in [0.1, 0.15) is 45.1 Å². The maximum Gasteiger partial charge on any atom is 0.338 e. The van der Waals surface area contributed by atoms with Gasteiger partial charge in [-0.3, -0.25) is 0 Å². The van der Waals surface area contributed by atoms with Crippen molar-refractivity contribution in [2.45, 2.75) is 39.5 Å². The molecule has 1 heterocycles. The Morgan fingerprint density at radius 2 is 2.14 bits per heavy atom. The molecule has 0 amide bonds. The number of halogens is 2. The summed E-state index contributed by atoms with van der Waals surface area (Å²) in [7, 11) is 0. The number of ether oxygens (including phenoxy) is 3. The average Bonchev–Trinajstić information content (AvgIpc) is 2.64. The molecule has 0 bridgehead atoms. The highest BCUT2D eigenvalue weighted by molar-refractivity contribution is 6.31. The van der Waals surface area contributed by atoms with Crippen molar-refractivity contribution >= 4 is 17.6 Å². The average molecular weight is 409 g/mol. The van der Waals surface area contributed by atoms with Gasteiger partial charge in [-0.1, -0.05) is 24.9 Å². The van der Waals surface area contributed by atoms with E-state index >= 15 is 4.39 Å². The smallest absolute Gasteiger partial charge is 0.338 e. The third-order valence-electron chi connectivity index (χ3n) is 4.24. The quantitative estimate of drug-likeness (QED) is 0.533. The van der Waals surface area contributed by atoms with Gasteiger partial charge < -0.3 is 19.9 Å². The zero-order valence-electron chi connectivity index (χ0n) is 16.0. The fraction of sp³-hybridized carbons (Fsp3) is 0.400. The molecule has 0 radical (unpaired) electrons. The molecule has 0 aliphatic carbocycles. The summed E-state index contributed by atoms with van der Waals surface area (Å²) < 4.78 is 31.2. The standard InChI is InChI=1S/C20H22ClFN2O4/c1-4-6-9-27-14-8-7-13(21)17(18(14)22)16-12(10-23)19(24)28-11(3)15(16)20(25)26-5-2/h7-8,16H,4-6,9,24H2,1-3H3. The lowest BCUT2D eigenvalue weighted by molar-refractivity contribution is -0.139. The van der Waals surface area contributed by atoms with Gasteiger partial charge in [0, 0.05) is 10.6 Å². The Hall–Kier alpha value is -2.72. The van der Waals surface area contributed by atoms with Gasteiger partial charge >= 0.3 is 5.97 Å². The molecule has 1 unspecified atom stereocenters. The van der Waals surface area contributed by atoms with E-state index in [0.717, 1.165) is 12.8 Å². The third kappa shape index (κ3) is 4.23. The Morgan fingerprint density at radius 3 is 2.75 bits per heavy atom. The highest BCUT2D eigenvalue weighted by atomic mass is 35.5. The molecule has 1 atom stereocenters. The Balaban J connectivity index is 2.65. The van der Waals surface area contributed by atoms with Crippen LogP contribution >= 0.6 is 11.6 Å². The second-order valence-electron chi connectivity index (χ2n) is 6.09. The highest BCUT2D eigenvalue weighted by Gasteiger charge is 2.39. The molecule has 8 heteroatoms. The second-order valence-corrected chi connectivity index (χ2v) is 6.50. The van der Waals surface area contributed by atoms with Crippen molar-refractivity contribution in [2.75, 3.05) is 13.2 Å². The van der Waals surface area contributed by atoms with Gasteiger partial charge in [-0.05, 0) is 32.4 Å². The molecular weight excluding hydrogens is 387 g/mol. The Labute approximate surface area is 168 Å². The molecule has 0 saturated heterocycles. The van der Waals surface area contributed by atoms with E-state index < -0.39 is 17.7 Å². The van der Waals surface area contributed by atoms with E-state index in [1.807, 2.05) is 13.0 Å². The van der Waals surface area contributed by atoms with Gasteiger partial charge in [0.25, 0.3) is 0 Å². The maximum absolute atomic E-state index is 15.3. The lowest BCUT2D eigenvalue weighted by atomic mass is 9.82. The number of hydrogen-bond donors (Lipinski definition) is 1. The molecule has 1 aromatic rings. The van der Waals surface area contributed by atoms with E-state index in [1.165, 1.54) is 19.1 Å². The van der Waals surface area contributed by atoms with Crippen molar-refractivity contribution < 1.29 is 23.4 Å². The predicted molar refractivity (Wildman–Crippen MR) is 102 cm³/mol. The number of nitrogens with two attached hydrogens (primary N) is 1. The molecule has 2 N–H and O–H groups in total. The second kappa shape index (κ2) is 9.47. The molecule has 0 saturated carbocycles. The molecule has 28 heavy (non-hydrogen) atoms. The van der Waals surface area contributed by atoms with E-state index in [1.54, 1.807) is 6.92 Å². The van der Waals surface area contributed by atoms with Crippen LogP contribution in [0.5, 0.6) is 5.75 Å². The summed E-state index contributed by atoms with van der Waals surface area (Å²) >= 11 is 6.28. The van der Waals surface area contributed by atoms with Gasteiger partial charge in [0.05, 0.1) is 24.7 Å². The predicted octanol–water partition coefficient (Wildman–Crippen LogP) is 4.30. The minimum absolute atomic E-state index is 0.0175. The molecule has 150 valence electrons. The highest BCUT2D eigenvalue weighted by Crippen LogP contribution is 2.44. The number of benzene rings is 1. The van der Waals surface area contributed by atoms with Crippen LogP contribution in [0.15, 0.2) is 34.9 Å². The Morgan fingerprint density at radius 1 is 1.43 bits per heavy atom. The third-order valence-corrected chi connectivity index (χ3v) is 4.57. The van der Waals surface area contributed by atoms with E-state index in [-0.39, 0.29) is 45.7 Å². The lowest BCUT2D eigenvalue weighted by Crippen LogP contribution is -2.26. The van der Waals surface area contributed by atoms with E-state index in [9.17, 15) is 10.1 Å². The number of unbranched alkanes of at least 4 members (excludes halogenated alkanes) is 1. The van der Waals surface area contributed by atoms with Gasteiger partial charge in [0.1, 0.15) is 17.4 Å². The monoisotopic (exact) mass is 408 g/mol.